The van der Waals surface area contributed by atoms with E-state index in [9.17, 15) is 5.11 Å². The number of rotatable bonds is 3. The lowest BCUT2D eigenvalue weighted by Crippen LogP contribution is -2.26. The van der Waals surface area contributed by atoms with E-state index in [0.29, 0.717) is 0 Å². The van der Waals surface area contributed by atoms with Crippen molar-refractivity contribution in [3.05, 3.63) is 34.3 Å². The highest BCUT2D eigenvalue weighted by atomic mass is 79.9. The lowest BCUT2D eigenvalue weighted by Gasteiger charge is -2.25. The molecule has 0 saturated heterocycles. The van der Waals surface area contributed by atoms with E-state index in [1.807, 2.05) is 18.2 Å². The van der Waals surface area contributed by atoms with Crippen molar-refractivity contribution >= 4 is 15.9 Å². The highest BCUT2D eigenvalue weighted by Gasteiger charge is 2.21. The minimum atomic E-state index is -0.246. The smallest absolute Gasteiger partial charge is 0.0591 e. The molecule has 0 spiro atoms. The van der Waals surface area contributed by atoms with Gasteiger partial charge in [0.25, 0.3) is 0 Å². The van der Waals surface area contributed by atoms with Crippen molar-refractivity contribution < 1.29 is 5.11 Å². The largest absolute Gasteiger partial charge is 0.393 e. The van der Waals surface area contributed by atoms with Gasteiger partial charge in [-0.2, -0.15) is 0 Å². The summed E-state index contributed by atoms with van der Waals surface area (Å²) in [4.78, 5) is 0. The standard InChI is InChI=1S/C13H19BrO/c1-13(2,3)12(15)9-8-10-6-4-5-7-11(10)14/h4-7,12,15H,8-9H2,1-3H3. The van der Waals surface area contributed by atoms with E-state index in [2.05, 4.69) is 42.8 Å². The number of aryl methyl sites for hydroxylation is 1. The van der Waals surface area contributed by atoms with Gasteiger partial charge in [-0.1, -0.05) is 54.9 Å². The predicted molar refractivity (Wildman–Crippen MR) is 67.9 cm³/mol. The van der Waals surface area contributed by atoms with Gasteiger partial charge in [0, 0.05) is 4.47 Å². The molecule has 84 valence electrons. The van der Waals surface area contributed by atoms with Gasteiger partial charge in [-0.25, -0.2) is 0 Å². The third kappa shape index (κ3) is 3.96. The van der Waals surface area contributed by atoms with Gasteiger partial charge in [0.2, 0.25) is 0 Å². The number of halogens is 1. The molecule has 1 aromatic carbocycles. The number of hydrogen-bond donors (Lipinski definition) is 1. The van der Waals surface area contributed by atoms with Crippen LogP contribution in [0.1, 0.15) is 32.8 Å². The second kappa shape index (κ2) is 5.13. The van der Waals surface area contributed by atoms with Crippen molar-refractivity contribution in [1.29, 1.82) is 0 Å². The van der Waals surface area contributed by atoms with Crippen LogP contribution in [0.25, 0.3) is 0 Å². The maximum absolute atomic E-state index is 9.92. The zero-order valence-electron chi connectivity index (χ0n) is 9.63. The summed E-state index contributed by atoms with van der Waals surface area (Å²) < 4.78 is 1.13. The van der Waals surface area contributed by atoms with Gasteiger partial charge in [-0.15, -0.1) is 0 Å². The summed E-state index contributed by atoms with van der Waals surface area (Å²) in [5, 5.41) is 9.92. The minimum Gasteiger partial charge on any atom is -0.393 e. The Balaban J connectivity index is 2.55. The third-order valence-electron chi connectivity index (χ3n) is 2.64. The molecule has 1 aromatic rings. The van der Waals surface area contributed by atoms with Crippen LogP contribution in [0.4, 0.5) is 0 Å². The Morgan fingerprint density at radius 2 is 1.87 bits per heavy atom. The van der Waals surface area contributed by atoms with E-state index in [1.165, 1.54) is 5.56 Å². The minimum absolute atomic E-state index is 0.0265. The van der Waals surface area contributed by atoms with Crippen molar-refractivity contribution in [2.75, 3.05) is 0 Å². The van der Waals surface area contributed by atoms with Crippen molar-refractivity contribution in [3.8, 4) is 0 Å². The summed E-state index contributed by atoms with van der Waals surface area (Å²) in [7, 11) is 0. The van der Waals surface area contributed by atoms with Crippen LogP contribution in [-0.4, -0.2) is 11.2 Å². The molecule has 0 saturated carbocycles. The molecular formula is C13H19BrO. The van der Waals surface area contributed by atoms with Crippen LogP contribution in [0, 0.1) is 5.41 Å². The summed E-state index contributed by atoms with van der Waals surface area (Å²) in [6.45, 7) is 6.20. The molecule has 0 aromatic heterocycles. The summed E-state index contributed by atoms with van der Waals surface area (Å²) in [6.07, 6.45) is 1.48. The predicted octanol–water partition coefficient (Wildman–Crippen LogP) is 3.79. The fourth-order valence-electron chi connectivity index (χ4n) is 1.43. The molecule has 0 bridgehead atoms. The topological polar surface area (TPSA) is 20.2 Å². The van der Waals surface area contributed by atoms with E-state index in [4.69, 9.17) is 0 Å². The van der Waals surface area contributed by atoms with Gasteiger partial charge < -0.3 is 5.11 Å². The highest BCUT2D eigenvalue weighted by molar-refractivity contribution is 9.10. The van der Waals surface area contributed by atoms with E-state index >= 15 is 0 Å². The van der Waals surface area contributed by atoms with Crippen LogP contribution in [0.2, 0.25) is 0 Å². The Labute approximate surface area is 101 Å². The van der Waals surface area contributed by atoms with Crippen molar-refractivity contribution in [2.45, 2.75) is 39.7 Å². The summed E-state index contributed by atoms with van der Waals surface area (Å²) >= 11 is 3.52. The average Bonchev–Trinajstić information content (AvgIpc) is 2.14. The Kier molecular flexibility index (Phi) is 4.35. The molecule has 1 rings (SSSR count). The molecule has 0 amide bonds. The molecule has 0 aliphatic carbocycles. The molecule has 0 aliphatic heterocycles. The monoisotopic (exact) mass is 270 g/mol. The molecule has 1 nitrogen and oxygen atoms in total. The molecule has 0 fully saturated rings. The average molecular weight is 271 g/mol. The van der Waals surface area contributed by atoms with E-state index < -0.39 is 0 Å². The first-order valence-corrected chi connectivity index (χ1v) is 6.12. The lowest BCUT2D eigenvalue weighted by molar-refractivity contribution is 0.0559. The molecule has 15 heavy (non-hydrogen) atoms. The van der Waals surface area contributed by atoms with Gasteiger partial charge in [0.1, 0.15) is 0 Å². The maximum atomic E-state index is 9.92. The summed E-state index contributed by atoms with van der Waals surface area (Å²) in [6, 6.07) is 8.18. The first-order chi connectivity index (χ1) is 6.91. The molecule has 1 atom stereocenters. The van der Waals surface area contributed by atoms with Gasteiger partial charge in [-0.05, 0) is 29.9 Å². The van der Waals surface area contributed by atoms with Crippen molar-refractivity contribution in [2.24, 2.45) is 5.41 Å². The Morgan fingerprint density at radius 3 is 2.40 bits per heavy atom. The maximum Gasteiger partial charge on any atom is 0.0591 e. The third-order valence-corrected chi connectivity index (χ3v) is 3.42. The molecular weight excluding hydrogens is 252 g/mol. The number of aliphatic hydroxyl groups excluding tert-OH is 1. The van der Waals surface area contributed by atoms with Crippen LogP contribution >= 0.6 is 15.9 Å². The van der Waals surface area contributed by atoms with Crippen molar-refractivity contribution in [3.63, 3.8) is 0 Å². The molecule has 1 N–H and O–H groups in total. The van der Waals surface area contributed by atoms with Crippen molar-refractivity contribution in [1.82, 2.24) is 0 Å². The SMILES string of the molecule is CC(C)(C)C(O)CCc1ccccc1Br. The Bertz CT molecular complexity index is 315. The molecule has 2 heteroatoms. The second-order valence-electron chi connectivity index (χ2n) is 5.01. The normalized spacial score (nSPS) is 13.9. The lowest BCUT2D eigenvalue weighted by atomic mass is 9.86. The van der Waals surface area contributed by atoms with E-state index in [0.717, 1.165) is 17.3 Å². The number of benzene rings is 1. The van der Waals surface area contributed by atoms with E-state index in [-0.39, 0.29) is 11.5 Å². The Morgan fingerprint density at radius 1 is 1.27 bits per heavy atom. The highest BCUT2D eigenvalue weighted by Crippen LogP contribution is 2.24. The molecule has 1 unspecified atom stereocenters. The molecule has 0 heterocycles. The molecule has 0 aliphatic rings. The first-order valence-electron chi connectivity index (χ1n) is 5.33. The Hall–Kier alpha value is -0.340. The zero-order chi connectivity index (χ0) is 11.5. The molecule has 0 radical (unpaired) electrons. The number of aliphatic hydroxyl groups is 1. The first kappa shape index (κ1) is 12.7. The quantitative estimate of drug-likeness (QED) is 0.886. The van der Waals surface area contributed by atoms with Crippen LogP contribution < -0.4 is 0 Å². The van der Waals surface area contributed by atoms with Crippen LogP contribution in [0.3, 0.4) is 0 Å². The fraction of sp³-hybridized carbons (Fsp3) is 0.538. The van der Waals surface area contributed by atoms with Gasteiger partial charge in [0.15, 0.2) is 0 Å². The zero-order valence-corrected chi connectivity index (χ0v) is 11.2. The fourth-order valence-corrected chi connectivity index (χ4v) is 1.91. The van der Waals surface area contributed by atoms with Crippen LogP contribution in [0.15, 0.2) is 28.7 Å². The van der Waals surface area contributed by atoms with Gasteiger partial charge in [-0.3, -0.25) is 0 Å². The van der Waals surface area contributed by atoms with Crippen LogP contribution in [-0.2, 0) is 6.42 Å². The summed E-state index contributed by atoms with van der Waals surface area (Å²) in [5.74, 6) is 0. The van der Waals surface area contributed by atoms with Gasteiger partial charge >= 0.3 is 0 Å². The van der Waals surface area contributed by atoms with E-state index in [1.54, 1.807) is 0 Å². The van der Waals surface area contributed by atoms with Gasteiger partial charge in [0.05, 0.1) is 6.10 Å². The summed E-state index contributed by atoms with van der Waals surface area (Å²) in [5.41, 5.74) is 1.24. The second-order valence-corrected chi connectivity index (χ2v) is 5.87. The number of hydrogen-bond acceptors (Lipinski definition) is 1. The van der Waals surface area contributed by atoms with Crippen LogP contribution in [0.5, 0.6) is 0 Å².